The molecule has 1 amide bonds. The lowest BCUT2D eigenvalue weighted by molar-refractivity contribution is 0.0998. The topological polar surface area (TPSA) is 81.0 Å². The van der Waals surface area contributed by atoms with Gasteiger partial charge in [0.2, 0.25) is 0 Å². The zero-order chi connectivity index (χ0) is 23.9. The van der Waals surface area contributed by atoms with Gasteiger partial charge < -0.3 is 9.30 Å². The van der Waals surface area contributed by atoms with Gasteiger partial charge in [0, 0.05) is 19.2 Å². The SMILES string of the molecule is COc1cccc2sc(=NC(=O)c3ccc(S(=O)(=O)N4CCCc5ccccc54)cc3)n(C)c12. The molecular weight excluding hydrogens is 470 g/mol. The number of hydrogen-bond donors (Lipinski definition) is 0. The lowest BCUT2D eigenvalue weighted by atomic mass is 10.0. The van der Waals surface area contributed by atoms with Gasteiger partial charge in [0.05, 0.1) is 22.4 Å². The number of thiazole rings is 1. The predicted octanol–water partition coefficient (Wildman–Crippen LogP) is 4.13. The molecule has 4 aromatic rings. The Morgan fingerprint density at radius 2 is 1.79 bits per heavy atom. The van der Waals surface area contributed by atoms with Gasteiger partial charge in [-0.25, -0.2) is 8.42 Å². The highest BCUT2D eigenvalue weighted by atomic mass is 32.2. The minimum Gasteiger partial charge on any atom is -0.495 e. The Bertz CT molecular complexity index is 1570. The van der Waals surface area contributed by atoms with Crippen LogP contribution in [0.1, 0.15) is 22.3 Å². The van der Waals surface area contributed by atoms with Crippen molar-refractivity contribution in [1.29, 1.82) is 0 Å². The first kappa shape index (κ1) is 22.4. The summed E-state index contributed by atoms with van der Waals surface area (Å²) in [4.78, 5) is 17.8. The van der Waals surface area contributed by atoms with Gasteiger partial charge in [-0.2, -0.15) is 4.99 Å². The van der Waals surface area contributed by atoms with E-state index in [9.17, 15) is 13.2 Å². The van der Waals surface area contributed by atoms with Crippen molar-refractivity contribution in [2.75, 3.05) is 18.0 Å². The number of carbonyl (C=O) groups is 1. The van der Waals surface area contributed by atoms with E-state index in [0.29, 0.717) is 22.7 Å². The van der Waals surface area contributed by atoms with Crippen molar-refractivity contribution in [3.8, 4) is 5.75 Å². The van der Waals surface area contributed by atoms with Crippen molar-refractivity contribution in [1.82, 2.24) is 4.57 Å². The summed E-state index contributed by atoms with van der Waals surface area (Å²) in [5.74, 6) is 0.271. The molecule has 0 radical (unpaired) electrons. The molecule has 2 heterocycles. The molecule has 0 spiro atoms. The molecule has 0 atom stereocenters. The molecule has 0 bridgehead atoms. The number of fused-ring (bicyclic) bond motifs is 2. The third-order valence-electron chi connectivity index (χ3n) is 5.96. The minimum atomic E-state index is -3.73. The molecule has 9 heteroatoms. The number of sulfonamides is 1. The molecule has 0 N–H and O–H groups in total. The number of methoxy groups -OCH3 is 1. The zero-order valence-electron chi connectivity index (χ0n) is 18.8. The Balaban J connectivity index is 1.46. The number of ether oxygens (including phenoxy) is 1. The number of benzene rings is 3. The molecule has 0 aliphatic carbocycles. The second-order valence-electron chi connectivity index (χ2n) is 8.00. The molecule has 7 nitrogen and oxygen atoms in total. The number of hydrogen-bond acceptors (Lipinski definition) is 5. The number of amides is 1. The fourth-order valence-electron chi connectivity index (χ4n) is 4.24. The van der Waals surface area contributed by atoms with Gasteiger partial charge in [-0.15, -0.1) is 0 Å². The minimum absolute atomic E-state index is 0.151. The summed E-state index contributed by atoms with van der Waals surface area (Å²) in [5, 5.41) is 0. The maximum Gasteiger partial charge on any atom is 0.279 e. The number of carbonyl (C=O) groups excluding carboxylic acids is 1. The molecule has 1 aromatic heterocycles. The number of nitrogens with zero attached hydrogens (tertiary/aromatic N) is 3. The summed E-state index contributed by atoms with van der Waals surface area (Å²) in [5.41, 5.74) is 2.93. The lowest BCUT2D eigenvalue weighted by Crippen LogP contribution is -2.35. The van der Waals surface area contributed by atoms with Crippen LogP contribution in [0, 0.1) is 0 Å². The van der Waals surface area contributed by atoms with E-state index >= 15 is 0 Å². The van der Waals surface area contributed by atoms with Crippen LogP contribution < -0.4 is 13.8 Å². The van der Waals surface area contributed by atoms with Gasteiger partial charge in [0.25, 0.3) is 15.9 Å². The number of para-hydroxylation sites is 2. The van der Waals surface area contributed by atoms with Crippen LogP contribution >= 0.6 is 11.3 Å². The number of anilines is 1. The van der Waals surface area contributed by atoms with Crippen LogP contribution in [-0.2, 0) is 23.5 Å². The van der Waals surface area contributed by atoms with Gasteiger partial charge in [-0.3, -0.25) is 9.10 Å². The average Bonchev–Trinajstić information content (AvgIpc) is 3.18. The van der Waals surface area contributed by atoms with Crippen LogP contribution in [0.25, 0.3) is 10.2 Å². The average molecular weight is 494 g/mol. The fraction of sp³-hybridized carbons (Fsp3) is 0.200. The Labute approximate surface area is 201 Å². The predicted molar refractivity (Wildman–Crippen MR) is 133 cm³/mol. The molecule has 174 valence electrons. The second kappa shape index (κ2) is 8.73. The number of aromatic nitrogens is 1. The standard InChI is InChI=1S/C25H23N3O4S2/c1-27-23-21(32-2)10-5-11-22(23)33-25(27)26-24(29)18-12-14-19(15-13-18)34(30,31)28-16-6-8-17-7-3-4-9-20(17)28/h3-5,7,9-15H,6,8,16H2,1-2H3. The van der Waals surface area contributed by atoms with Gasteiger partial charge in [-0.05, 0) is 60.9 Å². The molecular formula is C25H23N3O4S2. The highest BCUT2D eigenvalue weighted by Gasteiger charge is 2.29. The van der Waals surface area contributed by atoms with E-state index in [-0.39, 0.29) is 4.90 Å². The van der Waals surface area contributed by atoms with Crippen LogP contribution in [-0.4, -0.2) is 32.5 Å². The van der Waals surface area contributed by atoms with Gasteiger partial charge >= 0.3 is 0 Å². The van der Waals surface area contributed by atoms with Crippen LogP contribution in [0.5, 0.6) is 5.75 Å². The highest BCUT2D eigenvalue weighted by Crippen LogP contribution is 2.32. The van der Waals surface area contributed by atoms with Crippen LogP contribution in [0.2, 0.25) is 0 Å². The summed E-state index contributed by atoms with van der Waals surface area (Å²) < 4.78 is 36.3. The maximum atomic E-state index is 13.3. The van der Waals surface area contributed by atoms with E-state index in [1.54, 1.807) is 7.11 Å². The van der Waals surface area contributed by atoms with Crippen molar-refractivity contribution >= 4 is 43.2 Å². The molecule has 0 saturated carbocycles. The Kier molecular flexibility index (Phi) is 5.75. The first-order valence-electron chi connectivity index (χ1n) is 10.8. The monoisotopic (exact) mass is 493 g/mol. The Morgan fingerprint density at radius 1 is 1.03 bits per heavy atom. The van der Waals surface area contributed by atoms with Gasteiger partial charge in [0.1, 0.15) is 11.3 Å². The van der Waals surface area contributed by atoms with E-state index in [4.69, 9.17) is 4.74 Å². The second-order valence-corrected chi connectivity index (χ2v) is 10.9. The largest absolute Gasteiger partial charge is 0.495 e. The molecule has 34 heavy (non-hydrogen) atoms. The quantitative estimate of drug-likeness (QED) is 0.428. The molecule has 1 aliphatic heterocycles. The molecule has 0 unspecified atom stereocenters. The molecule has 1 aliphatic rings. The van der Waals surface area contributed by atoms with Gasteiger partial charge in [0.15, 0.2) is 4.80 Å². The maximum absolute atomic E-state index is 13.3. The van der Waals surface area contributed by atoms with Crippen LogP contribution in [0.15, 0.2) is 76.6 Å². The van der Waals surface area contributed by atoms with E-state index in [0.717, 1.165) is 34.3 Å². The molecule has 0 fully saturated rings. The Morgan fingerprint density at radius 3 is 2.56 bits per heavy atom. The summed E-state index contributed by atoms with van der Waals surface area (Å²) in [6.45, 7) is 0.432. The van der Waals surface area contributed by atoms with E-state index in [1.165, 1.54) is 39.9 Å². The van der Waals surface area contributed by atoms with Crippen molar-refractivity contribution in [2.24, 2.45) is 12.0 Å². The third kappa shape index (κ3) is 3.80. The lowest BCUT2D eigenvalue weighted by Gasteiger charge is -2.30. The summed E-state index contributed by atoms with van der Waals surface area (Å²) >= 11 is 1.39. The number of rotatable bonds is 4. The van der Waals surface area contributed by atoms with E-state index in [1.807, 2.05) is 54.1 Å². The smallest absolute Gasteiger partial charge is 0.279 e. The van der Waals surface area contributed by atoms with E-state index in [2.05, 4.69) is 4.99 Å². The summed E-state index contributed by atoms with van der Waals surface area (Å²) in [6, 6.07) is 19.3. The van der Waals surface area contributed by atoms with Crippen LogP contribution in [0.4, 0.5) is 5.69 Å². The van der Waals surface area contributed by atoms with Gasteiger partial charge in [-0.1, -0.05) is 35.6 Å². The summed E-state index contributed by atoms with van der Waals surface area (Å²) in [7, 11) is -0.296. The normalized spacial score (nSPS) is 14.3. The zero-order valence-corrected chi connectivity index (χ0v) is 20.4. The van der Waals surface area contributed by atoms with Crippen molar-refractivity contribution in [3.05, 3.63) is 82.7 Å². The number of aryl methyl sites for hydroxylation is 2. The Hall–Kier alpha value is -3.43. The summed E-state index contributed by atoms with van der Waals surface area (Å²) in [6.07, 6.45) is 1.63. The molecule has 3 aromatic carbocycles. The fourth-order valence-corrected chi connectivity index (χ4v) is 6.81. The van der Waals surface area contributed by atoms with Crippen molar-refractivity contribution in [2.45, 2.75) is 17.7 Å². The van der Waals surface area contributed by atoms with Crippen molar-refractivity contribution < 1.29 is 17.9 Å². The molecule has 0 saturated heterocycles. The third-order valence-corrected chi connectivity index (χ3v) is 8.88. The van der Waals surface area contributed by atoms with Crippen LogP contribution in [0.3, 0.4) is 0 Å². The first-order chi connectivity index (χ1) is 16.4. The molecule has 5 rings (SSSR count). The first-order valence-corrected chi connectivity index (χ1v) is 13.1. The van der Waals surface area contributed by atoms with Crippen molar-refractivity contribution in [3.63, 3.8) is 0 Å². The van der Waals surface area contributed by atoms with E-state index < -0.39 is 15.9 Å². The highest BCUT2D eigenvalue weighted by molar-refractivity contribution is 7.92.